The number of nitrogens with one attached hydrogen (secondary N) is 3. The largest absolute Gasteiger partial charge is 0.359 e. The number of amides is 2. The second-order valence-electron chi connectivity index (χ2n) is 5.20. The molecule has 2 amide bonds. The molecular formula is C16H20FN3O2. The van der Waals surface area contributed by atoms with E-state index in [2.05, 4.69) is 15.6 Å². The molecule has 0 atom stereocenters. The molecule has 0 saturated carbocycles. The lowest BCUT2D eigenvalue weighted by Gasteiger charge is -2.05. The third-order valence-corrected chi connectivity index (χ3v) is 3.76. The highest BCUT2D eigenvalue weighted by Gasteiger charge is 2.20. The molecule has 3 N–H and O–H groups in total. The van der Waals surface area contributed by atoms with Gasteiger partial charge in [-0.05, 0) is 37.0 Å². The summed E-state index contributed by atoms with van der Waals surface area (Å²) in [4.78, 5) is 26.3. The highest BCUT2D eigenvalue weighted by atomic mass is 19.1. The molecule has 0 unspecified atom stereocenters. The van der Waals surface area contributed by atoms with Crippen molar-refractivity contribution in [2.45, 2.75) is 26.2 Å². The number of rotatable bonds is 5. The topological polar surface area (TPSA) is 74.0 Å². The fourth-order valence-corrected chi connectivity index (χ4v) is 2.53. The van der Waals surface area contributed by atoms with Crippen molar-refractivity contribution < 1.29 is 14.0 Å². The van der Waals surface area contributed by atoms with E-state index in [9.17, 15) is 14.0 Å². The molecule has 0 saturated heterocycles. The molecule has 5 nitrogen and oxygen atoms in total. The first-order valence-corrected chi connectivity index (χ1v) is 7.22. The lowest BCUT2D eigenvalue weighted by molar-refractivity contribution is -0.120. The van der Waals surface area contributed by atoms with E-state index in [-0.39, 0.29) is 17.6 Å². The molecular weight excluding hydrogens is 285 g/mol. The maximum Gasteiger partial charge on any atom is 0.267 e. The van der Waals surface area contributed by atoms with Crippen LogP contribution < -0.4 is 10.6 Å². The molecule has 6 heteroatoms. The second kappa shape index (κ2) is 6.60. The molecule has 0 bridgehead atoms. The highest BCUT2D eigenvalue weighted by molar-refractivity contribution is 6.01. The number of hydrogen-bond donors (Lipinski definition) is 3. The van der Waals surface area contributed by atoms with Gasteiger partial charge in [-0.15, -0.1) is 0 Å². The van der Waals surface area contributed by atoms with Gasteiger partial charge in [0.1, 0.15) is 11.5 Å². The van der Waals surface area contributed by atoms with Crippen LogP contribution in [-0.4, -0.2) is 30.9 Å². The number of carbonyl (C=O) groups excluding carboxylic acids is 2. The third-order valence-electron chi connectivity index (χ3n) is 3.76. The first-order valence-electron chi connectivity index (χ1n) is 7.22. The van der Waals surface area contributed by atoms with E-state index in [1.165, 1.54) is 7.05 Å². The van der Waals surface area contributed by atoms with E-state index < -0.39 is 0 Å². The lowest BCUT2D eigenvalue weighted by Crippen LogP contribution is -2.20. The van der Waals surface area contributed by atoms with Gasteiger partial charge in [0.15, 0.2) is 0 Å². The molecule has 1 heterocycles. The summed E-state index contributed by atoms with van der Waals surface area (Å²) in [5.41, 5.74) is 2.11. The van der Waals surface area contributed by atoms with Crippen LogP contribution in [-0.2, 0) is 11.2 Å². The van der Waals surface area contributed by atoms with Crippen LogP contribution in [0, 0.1) is 12.7 Å². The van der Waals surface area contributed by atoms with Crippen LogP contribution in [0.25, 0.3) is 10.9 Å². The van der Waals surface area contributed by atoms with Gasteiger partial charge < -0.3 is 15.6 Å². The third kappa shape index (κ3) is 2.95. The van der Waals surface area contributed by atoms with Gasteiger partial charge in [-0.25, -0.2) is 4.39 Å². The Morgan fingerprint density at radius 2 is 1.95 bits per heavy atom. The summed E-state index contributed by atoms with van der Waals surface area (Å²) >= 11 is 0. The Kier molecular flexibility index (Phi) is 4.80. The van der Waals surface area contributed by atoms with Gasteiger partial charge in [-0.1, -0.05) is 6.07 Å². The number of aromatic nitrogens is 1. The highest BCUT2D eigenvalue weighted by Crippen LogP contribution is 2.28. The second-order valence-corrected chi connectivity index (χ2v) is 5.20. The molecule has 22 heavy (non-hydrogen) atoms. The lowest BCUT2D eigenvalue weighted by atomic mass is 10.0. The van der Waals surface area contributed by atoms with Crippen molar-refractivity contribution in [3.8, 4) is 0 Å². The summed E-state index contributed by atoms with van der Waals surface area (Å²) in [6.07, 6.45) is 1.34. The number of fused-ring (bicyclic) bond motifs is 1. The van der Waals surface area contributed by atoms with Gasteiger partial charge in [-0.2, -0.15) is 0 Å². The van der Waals surface area contributed by atoms with E-state index in [4.69, 9.17) is 0 Å². The van der Waals surface area contributed by atoms with E-state index >= 15 is 0 Å². The predicted molar refractivity (Wildman–Crippen MR) is 83.4 cm³/mol. The Bertz CT molecular complexity index is 722. The minimum absolute atomic E-state index is 0.0713. The summed E-state index contributed by atoms with van der Waals surface area (Å²) in [6.45, 7) is 1.69. The number of hydrogen-bond acceptors (Lipinski definition) is 2. The Balaban J connectivity index is 2.45. The maximum atomic E-state index is 14.5. The molecule has 0 spiro atoms. The standard InChI is InChI=1S/C16H20FN3O2/c1-9-7-8-11-13(14(9)17)10(5-4-6-12(21)18-2)15(20-11)16(22)19-3/h7-8,20H,4-6H2,1-3H3,(H,18,21)(H,19,22). The predicted octanol–water partition coefficient (Wildman–Crippen LogP) is 2.04. The Morgan fingerprint density at radius 3 is 2.59 bits per heavy atom. The summed E-state index contributed by atoms with van der Waals surface area (Å²) in [7, 11) is 3.11. The fourth-order valence-electron chi connectivity index (χ4n) is 2.53. The molecule has 1 aromatic carbocycles. The summed E-state index contributed by atoms with van der Waals surface area (Å²) in [5.74, 6) is -0.681. The van der Waals surface area contributed by atoms with Crippen molar-refractivity contribution in [3.05, 3.63) is 34.8 Å². The van der Waals surface area contributed by atoms with Crippen molar-refractivity contribution in [2.75, 3.05) is 14.1 Å². The average Bonchev–Trinajstić information content (AvgIpc) is 2.89. The number of halogens is 1. The SMILES string of the molecule is CNC(=O)CCCc1c(C(=O)NC)[nH]c2ccc(C)c(F)c12. The number of aromatic amines is 1. The fraction of sp³-hybridized carbons (Fsp3) is 0.375. The number of benzene rings is 1. The van der Waals surface area contributed by atoms with Gasteiger partial charge in [-0.3, -0.25) is 9.59 Å². The average molecular weight is 305 g/mol. The number of H-pyrrole nitrogens is 1. The number of carbonyl (C=O) groups is 2. The van der Waals surface area contributed by atoms with Crippen LogP contribution in [0.4, 0.5) is 4.39 Å². The Hall–Kier alpha value is -2.37. The van der Waals surface area contributed by atoms with Crippen LogP contribution in [0.1, 0.15) is 34.5 Å². The first-order chi connectivity index (χ1) is 10.5. The van der Waals surface area contributed by atoms with Crippen molar-refractivity contribution in [2.24, 2.45) is 0 Å². The number of aryl methyl sites for hydroxylation is 2. The first kappa shape index (κ1) is 16.0. The van der Waals surface area contributed by atoms with Crippen molar-refractivity contribution >= 4 is 22.7 Å². The molecule has 2 aromatic rings. The molecule has 0 aliphatic heterocycles. The zero-order chi connectivity index (χ0) is 16.3. The van der Waals surface area contributed by atoms with Gasteiger partial charge in [0.05, 0.1) is 0 Å². The zero-order valence-electron chi connectivity index (χ0n) is 13.0. The van der Waals surface area contributed by atoms with Crippen LogP contribution >= 0.6 is 0 Å². The molecule has 2 rings (SSSR count). The van der Waals surface area contributed by atoms with E-state index in [0.717, 1.165) is 0 Å². The van der Waals surface area contributed by atoms with Crippen LogP contribution in [0.15, 0.2) is 12.1 Å². The van der Waals surface area contributed by atoms with Crippen molar-refractivity contribution in [1.82, 2.24) is 15.6 Å². The van der Waals surface area contributed by atoms with Crippen LogP contribution in [0.3, 0.4) is 0 Å². The van der Waals surface area contributed by atoms with Gasteiger partial charge in [0, 0.05) is 31.4 Å². The molecule has 0 radical (unpaired) electrons. The van der Waals surface area contributed by atoms with Gasteiger partial charge in [0.2, 0.25) is 5.91 Å². The van der Waals surface area contributed by atoms with E-state index in [1.807, 2.05) is 0 Å². The Morgan fingerprint density at radius 1 is 1.23 bits per heavy atom. The van der Waals surface area contributed by atoms with Crippen molar-refractivity contribution in [1.29, 1.82) is 0 Å². The minimum atomic E-state index is -0.321. The quantitative estimate of drug-likeness (QED) is 0.791. The molecule has 0 aliphatic rings. The Labute approximate surface area is 128 Å². The maximum absolute atomic E-state index is 14.5. The molecule has 0 fully saturated rings. The van der Waals surface area contributed by atoms with E-state index in [1.54, 1.807) is 26.1 Å². The van der Waals surface area contributed by atoms with Crippen molar-refractivity contribution in [3.63, 3.8) is 0 Å². The summed E-state index contributed by atoms with van der Waals surface area (Å²) in [6, 6.07) is 3.44. The summed E-state index contributed by atoms with van der Waals surface area (Å²) in [5, 5.41) is 5.55. The zero-order valence-corrected chi connectivity index (χ0v) is 13.0. The van der Waals surface area contributed by atoms with Crippen LogP contribution in [0.5, 0.6) is 0 Å². The smallest absolute Gasteiger partial charge is 0.267 e. The molecule has 1 aromatic heterocycles. The van der Waals surface area contributed by atoms with E-state index in [0.29, 0.717) is 47.0 Å². The summed E-state index contributed by atoms with van der Waals surface area (Å²) < 4.78 is 14.5. The molecule has 0 aliphatic carbocycles. The molecule has 118 valence electrons. The monoisotopic (exact) mass is 305 g/mol. The minimum Gasteiger partial charge on any atom is -0.359 e. The normalized spacial score (nSPS) is 10.7. The van der Waals surface area contributed by atoms with Gasteiger partial charge in [0.25, 0.3) is 5.91 Å². The van der Waals surface area contributed by atoms with Gasteiger partial charge >= 0.3 is 0 Å². The van der Waals surface area contributed by atoms with Crippen LogP contribution in [0.2, 0.25) is 0 Å².